The summed E-state index contributed by atoms with van der Waals surface area (Å²) in [6.07, 6.45) is 0.865. The van der Waals surface area contributed by atoms with Crippen molar-refractivity contribution in [2.24, 2.45) is 0 Å². The molecule has 3 rings (SSSR count). The second kappa shape index (κ2) is 7.34. The molecule has 1 atom stereocenters. The van der Waals surface area contributed by atoms with E-state index < -0.39 is 5.56 Å². The van der Waals surface area contributed by atoms with Crippen molar-refractivity contribution in [3.63, 3.8) is 0 Å². The molecule has 0 spiro atoms. The lowest BCUT2D eigenvalue weighted by Crippen LogP contribution is -2.39. The minimum absolute atomic E-state index is 0.0470. The number of thioether (sulfide) groups is 1. The standard InChI is InChI=1S/C19H20N4O2S/c1-12-8-9-22(16-6-4-5-7-17(16)26-12)18(24)11-23-19(25)15(10-20)13(2)14(3)21-23/h4-7,12H,8-9,11H2,1-3H3/t12-/m1/s1. The average Bonchev–Trinajstić information content (AvgIpc) is 2.78. The predicted octanol–water partition coefficient (Wildman–Crippen LogP) is 2.65. The van der Waals surface area contributed by atoms with E-state index in [9.17, 15) is 14.9 Å². The van der Waals surface area contributed by atoms with E-state index in [4.69, 9.17) is 0 Å². The molecular weight excluding hydrogens is 348 g/mol. The number of aryl methyl sites for hydroxylation is 1. The van der Waals surface area contributed by atoms with E-state index in [1.807, 2.05) is 30.3 Å². The maximum absolute atomic E-state index is 13.0. The molecule has 1 aromatic carbocycles. The third kappa shape index (κ3) is 3.37. The van der Waals surface area contributed by atoms with Gasteiger partial charge in [-0.2, -0.15) is 10.4 Å². The van der Waals surface area contributed by atoms with Crippen LogP contribution in [0.1, 0.15) is 30.2 Å². The Morgan fingerprint density at radius 2 is 2.12 bits per heavy atom. The summed E-state index contributed by atoms with van der Waals surface area (Å²) in [5.74, 6) is -0.200. The maximum Gasteiger partial charge on any atom is 0.285 e. The zero-order chi connectivity index (χ0) is 18.8. The summed E-state index contributed by atoms with van der Waals surface area (Å²) < 4.78 is 1.10. The summed E-state index contributed by atoms with van der Waals surface area (Å²) in [6, 6.07) is 9.73. The van der Waals surface area contributed by atoms with E-state index in [-0.39, 0.29) is 18.0 Å². The molecule has 7 heteroatoms. The molecular formula is C19H20N4O2S. The van der Waals surface area contributed by atoms with Crippen molar-refractivity contribution in [1.29, 1.82) is 5.26 Å². The minimum atomic E-state index is -0.519. The molecule has 134 valence electrons. The van der Waals surface area contributed by atoms with E-state index in [1.54, 1.807) is 30.5 Å². The molecule has 0 saturated carbocycles. The van der Waals surface area contributed by atoms with Crippen LogP contribution in [0.2, 0.25) is 0 Å². The number of carbonyl (C=O) groups excluding carboxylic acids is 1. The van der Waals surface area contributed by atoms with Gasteiger partial charge in [-0.05, 0) is 38.0 Å². The molecule has 0 saturated heterocycles. The lowest BCUT2D eigenvalue weighted by atomic mass is 10.1. The van der Waals surface area contributed by atoms with E-state index in [0.29, 0.717) is 23.1 Å². The third-order valence-electron chi connectivity index (χ3n) is 4.58. The van der Waals surface area contributed by atoms with Gasteiger partial charge in [-0.1, -0.05) is 19.1 Å². The number of rotatable bonds is 2. The molecule has 26 heavy (non-hydrogen) atoms. The van der Waals surface area contributed by atoms with Crippen LogP contribution < -0.4 is 10.5 Å². The van der Waals surface area contributed by atoms with Crippen LogP contribution in [-0.2, 0) is 11.3 Å². The Balaban J connectivity index is 1.96. The van der Waals surface area contributed by atoms with Gasteiger partial charge in [-0.25, -0.2) is 4.68 Å². The van der Waals surface area contributed by atoms with Crippen molar-refractivity contribution in [2.45, 2.75) is 43.9 Å². The molecule has 6 nitrogen and oxygen atoms in total. The number of aromatic nitrogens is 2. The van der Waals surface area contributed by atoms with Crippen LogP contribution in [0.15, 0.2) is 34.0 Å². The van der Waals surface area contributed by atoms with E-state index >= 15 is 0 Å². The van der Waals surface area contributed by atoms with Crippen molar-refractivity contribution in [2.75, 3.05) is 11.4 Å². The summed E-state index contributed by atoms with van der Waals surface area (Å²) in [6.45, 7) is 5.98. The van der Waals surface area contributed by atoms with Gasteiger partial charge < -0.3 is 4.90 Å². The first-order valence-corrected chi connectivity index (χ1v) is 9.34. The minimum Gasteiger partial charge on any atom is -0.310 e. The molecule has 0 bridgehead atoms. The topological polar surface area (TPSA) is 79.0 Å². The lowest BCUT2D eigenvalue weighted by molar-refractivity contribution is -0.119. The van der Waals surface area contributed by atoms with Crippen molar-refractivity contribution in [1.82, 2.24) is 9.78 Å². The number of para-hydroxylation sites is 1. The Labute approximate surface area is 156 Å². The number of hydrogen-bond donors (Lipinski definition) is 0. The summed E-state index contributed by atoms with van der Waals surface area (Å²) in [5, 5.41) is 13.9. The highest BCUT2D eigenvalue weighted by atomic mass is 32.2. The fourth-order valence-corrected chi connectivity index (χ4v) is 4.08. The van der Waals surface area contributed by atoms with E-state index in [1.165, 1.54) is 0 Å². The third-order valence-corrected chi connectivity index (χ3v) is 5.82. The van der Waals surface area contributed by atoms with Crippen LogP contribution >= 0.6 is 11.8 Å². The molecule has 0 N–H and O–H groups in total. The van der Waals surface area contributed by atoms with Gasteiger partial charge >= 0.3 is 0 Å². The molecule has 2 aromatic rings. The van der Waals surface area contributed by atoms with E-state index in [2.05, 4.69) is 12.0 Å². The first kappa shape index (κ1) is 18.2. The van der Waals surface area contributed by atoms with Crippen LogP contribution in [0.25, 0.3) is 0 Å². The van der Waals surface area contributed by atoms with Crippen LogP contribution in [-0.4, -0.2) is 27.5 Å². The monoisotopic (exact) mass is 368 g/mol. The summed E-state index contributed by atoms with van der Waals surface area (Å²) in [7, 11) is 0. The number of anilines is 1. The quantitative estimate of drug-likeness (QED) is 0.814. The molecule has 1 aliphatic heterocycles. The highest BCUT2D eigenvalue weighted by Crippen LogP contribution is 2.37. The van der Waals surface area contributed by atoms with Gasteiger partial charge in [0.15, 0.2) is 0 Å². The summed E-state index contributed by atoms with van der Waals surface area (Å²) in [5.41, 5.74) is 1.53. The Bertz CT molecular complexity index is 961. The molecule has 1 aliphatic rings. The van der Waals surface area contributed by atoms with Crippen molar-refractivity contribution in [3.8, 4) is 6.07 Å². The highest BCUT2D eigenvalue weighted by molar-refractivity contribution is 8.00. The first-order valence-electron chi connectivity index (χ1n) is 8.47. The smallest absolute Gasteiger partial charge is 0.285 e. The fraction of sp³-hybridized carbons (Fsp3) is 0.368. The molecule has 0 fully saturated rings. The number of nitriles is 1. The first-order chi connectivity index (χ1) is 12.4. The average molecular weight is 368 g/mol. The highest BCUT2D eigenvalue weighted by Gasteiger charge is 2.25. The molecule has 0 aliphatic carbocycles. The Kier molecular flexibility index (Phi) is 5.14. The normalized spacial score (nSPS) is 16.5. The molecule has 2 heterocycles. The number of benzene rings is 1. The summed E-state index contributed by atoms with van der Waals surface area (Å²) >= 11 is 1.75. The number of hydrogen-bond acceptors (Lipinski definition) is 5. The second-order valence-electron chi connectivity index (χ2n) is 6.39. The fourth-order valence-electron chi connectivity index (χ4n) is 2.97. The van der Waals surface area contributed by atoms with Gasteiger partial charge in [-0.3, -0.25) is 9.59 Å². The molecule has 1 amide bonds. The SMILES string of the molecule is Cc1nn(CC(=O)N2CC[C@@H](C)Sc3ccccc32)c(=O)c(C#N)c1C. The zero-order valence-electron chi connectivity index (χ0n) is 15.0. The van der Waals surface area contributed by atoms with Gasteiger partial charge in [0.25, 0.3) is 5.56 Å². The van der Waals surface area contributed by atoms with Gasteiger partial charge in [0.05, 0.1) is 11.4 Å². The van der Waals surface area contributed by atoms with Crippen LogP contribution in [0.5, 0.6) is 0 Å². The lowest BCUT2D eigenvalue weighted by Gasteiger charge is -2.23. The number of carbonyl (C=O) groups is 1. The zero-order valence-corrected chi connectivity index (χ0v) is 15.8. The van der Waals surface area contributed by atoms with Gasteiger partial charge in [0, 0.05) is 16.7 Å². The van der Waals surface area contributed by atoms with Gasteiger partial charge in [-0.15, -0.1) is 11.8 Å². The Morgan fingerprint density at radius 1 is 1.38 bits per heavy atom. The molecule has 1 aromatic heterocycles. The molecule has 0 unspecified atom stereocenters. The van der Waals surface area contributed by atoms with Crippen LogP contribution in [0, 0.1) is 25.2 Å². The van der Waals surface area contributed by atoms with Crippen LogP contribution in [0.3, 0.4) is 0 Å². The number of nitrogens with zero attached hydrogens (tertiary/aromatic N) is 4. The number of amides is 1. The Morgan fingerprint density at radius 3 is 2.85 bits per heavy atom. The van der Waals surface area contributed by atoms with Gasteiger partial charge in [0.1, 0.15) is 18.2 Å². The summed E-state index contributed by atoms with van der Waals surface area (Å²) in [4.78, 5) is 28.2. The van der Waals surface area contributed by atoms with Crippen molar-refractivity contribution < 1.29 is 4.79 Å². The predicted molar refractivity (Wildman–Crippen MR) is 101 cm³/mol. The van der Waals surface area contributed by atoms with E-state index in [0.717, 1.165) is 21.7 Å². The largest absolute Gasteiger partial charge is 0.310 e. The Hall–Kier alpha value is -2.59. The second-order valence-corrected chi connectivity index (χ2v) is 7.87. The number of fused-ring (bicyclic) bond motifs is 1. The van der Waals surface area contributed by atoms with Crippen LogP contribution in [0.4, 0.5) is 5.69 Å². The molecule has 0 radical (unpaired) electrons. The van der Waals surface area contributed by atoms with Gasteiger partial charge in [0.2, 0.25) is 5.91 Å². The maximum atomic E-state index is 13.0. The van der Waals surface area contributed by atoms with Crippen molar-refractivity contribution in [3.05, 3.63) is 51.4 Å². The van der Waals surface area contributed by atoms with Crippen molar-refractivity contribution >= 4 is 23.4 Å².